The molecular weight excluding hydrogens is 242 g/mol. The van der Waals surface area contributed by atoms with Crippen LogP contribution in [-0.4, -0.2) is 23.5 Å². The van der Waals surface area contributed by atoms with Crippen molar-refractivity contribution in [2.45, 2.75) is 19.3 Å². The Morgan fingerprint density at radius 1 is 1.24 bits per heavy atom. The zero-order valence-electron chi connectivity index (χ0n) is 9.28. The Balaban J connectivity index is 2.26. The van der Waals surface area contributed by atoms with E-state index in [1.807, 2.05) is 18.2 Å². The number of hydrogen-bond acceptors (Lipinski definition) is 2. The fraction of sp³-hybridized carbons (Fsp3) is 0.333. The van der Waals surface area contributed by atoms with Gasteiger partial charge in [-0.25, -0.2) is 0 Å². The zero-order valence-corrected chi connectivity index (χ0v) is 10.0. The molecule has 0 heterocycles. The third-order valence-corrected chi connectivity index (χ3v) is 2.61. The SMILES string of the molecule is O=C(O)CCC(=O)NCCc1ccccc1Cl. The van der Waals surface area contributed by atoms with E-state index in [0.29, 0.717) is 18.0 Å². The maximum absolute atomic E-state index is 11.2. The van der Waals surface area contributed by atoms with Crippen LogP contribution in [0.5, 0.6) is 0 Å². The minimum atomic E-state index is -0.966. The summed E-state index contributed by atoms with van der Waals surface area (Å²) in [5, 5.41) is 11.7. The lowest BCUT2D eigenvalue weighted by atomic mass is 10.1. The molecule has 0 saturated carbocycles. The molecular formula is C12H14ClNO3. The quantitative estimate of drug-likeness (QED) is 0.815. The van der Waals surface area contributed by atoms with Crippen molar-refractivity contribution >= 4 is 23.5 Å². The van der Waals surface area contributed by atoms with Gasteiger partial charge in [0.05, 0.1) is 6.42 Å². The summed E-state index contributed by atoms with van der Waals surface area (Å²) in [7, 11) is 0. The fourth-order valence-corrected chi connectivity index (χ4v) is 1.58. The second-order valence-electron chi connectivity index (χ2n) is 3.59. The molecule has 92 valence electrons. The molecule has 17 heavy (non-hydrogen) atoms. The predicted octanol–water partition coefficient (Wildman–Crippen LogP) is 1.86. The summed E-state index contributed by atoms with van der Waals surface area (Å²) in [6.45, 7) is 0.461. The second-order valence-corrected chi connectivity index (χ2v) is 3.99. The molecule has 5 heteroatoms. The number of benzene rings is 1. The van der Waals surface area contributed by atoms with Crippen LogP contribution in [0.2, 0.25) is 5.02 Å². The van der Waals surface area contributed by atoms with Crippen molar-refractivity contribution in [1.29, 1.82) is 0 Å². The topological polar surface area (TPSA) is 66.4 Å². The number of aliphatic carboxylic acids is 1. The van der Waals surface area contributed by atoms with Crippen molar-refractivity contribution in [3.8, 4) is 0 Å². The molecule has 4 nitrogen and oxygen atoms in total. The molecule has 1 aromatic rings. The van der Waals surface area contributed by atoms with Gasteiger partial charge in [-0.2, -0.15) is 0 Å². The number of rotatable bonds is 6. The minimum absolute atomic E-state index is 0.0118. The lowest BCUT2D eigenvalue weighted by Crippen LogP contribution is -2.26. The third-order valence-electron chi connectivity index (χ3n) is 2.24. The molecule has 0 aromatic heterocycles. The number of nitrogens with one attached hydrogen (secondary N) is 1. The largest absolute Gasteiger partial charge is 0.481 e. The first-order valence-corrected chi connectivity index (χ1v) is 5.69. The van der Waals surface area contributed by atoms with Crippen molar-refractivity contribution in [3.63, 3.8) is 0 Å². The van der Waals surface area contributed by atoms with E-state index >= 15 is 0 Å². The summed E-state index contributed by atoms with van der Waals surface area (Å²) in [4.78, 5) is 21.5. The van der Waals surface area contributed by atoms with E-state index in [1.165, 1.54) is 0 Å². The Hall–Kier alpha value is -1.55. The van der Waals surface area contributed by atoms with Crippen LogP contribution >= 0.6 is 11.6 Å². The molecule has 2 N–H and O–H groups in total. The summed E-state index contributed by atoms with van der Waals surface area (Å²) in [5.74, 6) is -1.22. The van der Waals surface area contributed by atoms with Crippen LogP contribution in [0.25, 0.3) is 0 Å². The molecule has 0 aliphatic carbocycles. The van der Waals surface area contributed by atoms with Gasteiger partial charge in [0.25, 0.3) is 0 Å². The first-order valence-electron chi connectivity index (χ1n) is 5.31. The summed E-state index contributed by atoms with van der Waals surface area (Å²) >= 11 is 5.95. The summed E-state index contributed by atoms with van der Waals surface area (Å²) < 4.78 is 0. The molecule has 0 bridgehead atoms. The number of hydrogen-bond donors (Lipinski definition) is 2. The van der Waals surface area contributed by atoms with Crippen molar-refractivity contribution < 1.29 is 14.7 Å². The van der Waals surface area contributed by atoms with Crippen LogP contribution in [-0.2, 0) is 16.0 Å². The number of carboxylic acids is 1. The van der Waals surface area contributed by atoms with Gasteiger partial charge in [0.15, 0.2) is 0 Å². The summed E-state index contributed by atoms with van der Waals surface area (Å²) in [6.07, 6.45) is 0.508. The summed E-state index contributed by atoms with van der Waals surface area (Å²) in [6, 6.07) is 7.42. The molecule has 0 aliphatic heterocycles. The van der Waals surface area contributed by atoms with Gasteiger partial charge in [0.2, 0.25) is 5.91 Å². The van der Waals surface area contributed by atoms with Gasteiger partial charge >= 0.3 is 5.97 Å². The number of carbonyl (C=O) groups is 2. The average Bonchev–Trinajstić information content (AvgIpc) is 2.29. The first kappa shape index (κ1) is 13.5. The van der Waals surface area contributed by atoms with E-state index in [9.17, 15) is 9.59 Å². The monoisotopic (exact) mass is 255 g/mol. The third kappa shape index (κ3) is 5.36. The van der Waals surface area contributed by atoms with Crippen LogP contribution in [0.3, 0.4) is 0 Å². The highest BCUT2D eigenvalue weighted by atomic mass is 35.5. The Morgan fingerprint density at radius 2 is 1.94 bits per heavy atom. The van der Waals surface area contributed by atoms with Crippen molar-refractivity contribution in [2.75, 3.05) is 6.54 Å². The Morgan fingerprint density at radius 3 is 2.59 bits per heavy atom. The minimum Gasteiger partial charge on any atom is -0.481 e. The van der Waals surface area contributed by atoms with Gasteiger partial charge in [-0.05, 0) is 18.1 Å². The maximum atomic E-state index is 11.2. The lowest BCUT2D eigenvalue weighted by molar-refractivity contribution is -0.138. The van der Waals surface area contributed by atoms with Crippen molar-refractivity contribution in [2.24, 2.45) is 0 Å². The Bertz CT molecular complexity index is 406. The predicted molar refractivity (Wildman–Crippen MR) is 65.0 cm³/mol. The normalized spacial score (nSPS) is 9.94. The molecule has 0 spiro atoms. The van der Waals surface area contributed by atoms with Gasteiger partial charge in [-0.15, -0.1) is 0 Å². The standard InChI is InChI=1S/C12H14ClNO3/c13-10-4-2-1-3-9(10)7-8-14-11(15)5-6-12(16)17/h1-4H,5-8H2,(H,14,15)(H,16,17). The Kier molecular flexibility index (Phi) is 5.49. The molecule has 0 fully saturated rings. The van der Waals surface area contributed by atoms with E-state index in [4.69, 9.17) is 16.7 Å². The van der Waals surface area contributed by atoms with Gasteiger partial charge in [0.1, 0.15) is 0 Å². The zero-order chi connectivity index (χ0) is 12.7. The van der Waals surface area contributed by atoms with Crippen LogP contribution < -0.4 is 5.32 Å². The van der Waals surface area contributed by atoms with Gasteiger partial charge in [-0.1, -0.05) is 29.8 Å². The average molecular weight is 256 g/mol. The molecule has 1 aromatic carbocycles. The van der Waals surface area contributed by atoms with Crippen molar-refractivity contribution in [1.82, 2.24) is 5.32 Å². The lowest BCUT2D eigenvalue weighted by Gasteiger charge is -2.05. The van der Waals surface area contributed by atoms with Crippen LogP contribution in [0.4, 0.5) is 0 Å². The molecule has 0 saturated heterocycles. The molecule has 0 radical (unpaired) electrons. The number of amides is 1. The first-order chi connectivity index (χ1) is 8.09. The fourth-order valence-electron chi connectivity index (χ4n) is 1.35. The summed E-state index contributed by atoms with van der Waals surface area (Å²) in [5.41, 5.74) is 0.965. The molecule has 0 aliphatic rings. The van der Waals surface area contributed by atoms with Gasteiger partial charge in [-0.3, -0.25) is 9.59 Å². The van der Waals surface area contributed by atoms with Crippen LogP contribution in [0.1, 0.15) is 18.4 Å². The molecule has 1 rings (SSSR count). The highest BCUT2D eigenvalue weighted by molar-refractivity contribution is 6.31. The smallest absolute Gasteiger partial charge is 0.303 e. The van der Waals surface area contributed by atoms with Crippen LogP contribution in [0, 0.1) is 0 Å². The van der Waals surface area contributed by atoms with Crippen LogP contribution in [0.15, 0.2) is 24.3 Å². The molecule has 1 amide bonds. The highest BCUT2D eigenvalue weighted by Crippen LogP contribution is 2.14. The van der Waals surface area contributed by atoms with E-state index in [0.717, 1.165) is 5.56 Å². The molecule has 0 unspecified atom stereocenters. The van der Waals surface area contributed by atoms with E-state index in [1.54, 1.807) is 6.07 Å². The Labute approximate surface area is 105 Å². The van der Waals surface area contributed by atoms with Crippen molar-refractivity contribution in [3.05, 3.63) is 34.9 Å². The second kappa shape index (κ2) is 6.91. The van der Waals surface area contributed by atoms with Gasteiger partial charge < -0.3 is 10.4 Å². The maximum Gasteiger partial charge on any atom is 0.303 e. The number of carboxylic acid groups (broad SMARTS) is 1. The van der Waals surface area contributed by atoms with E-state index < -0.39 is 5.97 Å². The van der Waals surface area contributed by atoms with E-state index in [2.05, 4.69) is 5.32 Å². The molecule has 0 atom stereocenters. The van der Waals surface area contributed by atoms with Gasteiger partial charge in [0, 0.05) is 18.0 Å². The number of halogens is 1. The van der Waals surface area contributed by atoms with E-state index in [-0.39, 0.29) is 18.7 Å². The highest BCUT2D eigenvalue weighted by Gasteiger charge is 2.05. The number of carbonyl (C=O) groups excluding carboxylic acids is 1.